The molecule has 2 N–H and O–H groups in total. The van der Waals surface area contributed by atoms with Crippen LogP contribution in [0.2, 0.25) is 0 Å². The van der Waals surface area contributed by atoms with Gasteiger partial charge in [0.1, 0.15) is 17.1 Å². The molecule has 1 spiro atoms. The maximum Gasteiger partial charge on any atom is 0.128 e. The number of nitrogens with two attached hydrogens (primary N) is 1. The second-order valence-corrected chi connectivity index (χ2v) is 6.53. The number of hydrogen-bond acceptors (Lipinski definition) is 4. The van der Waals surface area contributed by atoms with E-state index in [0.717, 1.165) is 42.9 Å². The molecule has 0 radical (unpaired) electrons. The molecular formula is C16H23NO3. The summed E-state index contributed by atoms with van der Waals surface area (Å²) < 4.78 is 17.5. The summed E-state index contributed by atoms with van der Waals surface area (Å²) in [7, 11) is 1.66. The third-order valence-electron chi connectivity index (χ3n) is 4.34. The van der Waals surface area contributed by atoms with Crippen molar-refractivity contribution in [2.75, 3.05) is 13.7 Å². The van der Waals surface area contributed by atoms with Gasteiger partial charge in [0, 0.05) is 36.9 Å². The highest BCUT2D eigenvalue weighted by molar-refractivity contribution is 5.44. The van der Waals surface area contributed by atoms with E-state index in [0.29, 0.717) is 0 Å². The van der Waals surface area contributed by atoms with E-state index >= 15 is 0 Å². The molecule has 3 rings (SSSR count). The zero-order valence-electron chi connectivity index (χ0n) is 12.4. The molecule has 0 amide bonds. The van der Waals surface area contributed by atoms with Crippen LogP contribution in [-0.2, 0) is 4.74 Å². The molecule has 0 aliphatic carbocycles. The van der Waals surface area contributed by atoms with E-state index in [1.54, 1.807) is 7.11 Å². The highest BCUT2D eigenvalue weighted by Crippen LogP contribution is 2.47. The summed E-state index contributed by atoms with van der Waals surface area (Å²) in [5.74, 6) is 1.67. The van der Waals surface area contributed by atoms with Gasteiger partial charge in [0.25, 0.3) is 0 Å². The van der Waals surface area contributed by atoms with Crippen molar-refractivity contribution in [1.82, 2.24) is 0 Å². The second kappa shape index (κ2) is 4.64. The SMILES string of the molecule is COc1ccc2c(c1)OC1(CCOC(C)(C)C1)CC2N. The molecule has 2 aliphatic heterocycles. The molecule has 0 bridgehead atoms. The van der Waals surface area contributed by atoms with Crippen LogP contribution in [0, 0.1) is 0 Å². The molecule has 2 heterocycles. The van der Waals surface area contributed by atoms with Crippen molar-refractivity contribution in [3.05, 3.63) is 23.8 Å². The number of rotatable bonds is 1. The molecule has 110 valence electrons. The Bertz CT molecular complexity index is 514. The molecule has 1 aromatic rings. The number of hydrogen-bond donors (Lipinski definition) is 1. The van der Waals surface area contributed by atoms with E-state index in [9.17, 15) is 0 Å². The summed E-state index contributed by atoms with van der Waals surface area (Å²) in [5.41, 5.74) is 7.07. The van der Waals surface area contributed by atoms with Crippen molar-refractivity contribution in [2.45, 2.75) is 50.4 Å². The number of fused-ring (bicyclic) bond motifs is 1. The van der Waals surface area contributed by atoms with Gasteiger partial charge in [0.15, 0.2) is 0 Å². The molecule has 0 aromatic heterocycles. The van der Waals surface area contributed by atoms with Gasteiger partial charge in [-0.25, -0.2) is 0 Å². The van der Waals surface area contributed by atoms with Crippen LogP contribution in [0.3, 0.4) is 0 Å². The minimum Gasteiger partial charge on any atom is -0.497 e. The summed E-state index contributed by atoms with van der Waals surface area (Å²) in [5, 5.41) is 0. The third kappa shape index (κ3) is 2.38. The molecule has 2 aliphatic rings. The van der Waals surface area contributed by atoms with Gasteiger partial charge in [-0.1, -0.05) is 6.07 Å². The first-order chi connectivity index (χ1) is 9.43. The predicted molar refractivity (Wildman–Crippen MR) is 77.2 cm³/mol. The largest absolute Gasteiger partial charge is 0.497 e. The number of benzene rings is 1. The first-order valence-electron chi connectivity index (χ1n) is 7.20. The zero-order chi connectivity index (χ0) is 14.4. The van der Waals surface area contributed by atoms with E-state index in [2.05, 4.69) is 13.8 Å². The quantitative estimate of drug-likeness (QED) is 0.857. The summed E-state index contributed by atoms with van der Waals surface area (Å²) >= 11 is 0. The van der Waals surface area contributed by atoms with Crippen LogP contribution < -0.4 is 15.2 Å². The minimum absolute atomic E-state index is 0.0126. The summed E-state index contributed by atoms with van der Waals surface area (Å²) in [6.07, 6.45) is 2.60. The Hall–Kier alpha value is -1.26. The molecule has 1 saturated heterocycles. The van der Waals surface area contributed by atoms with Crippen LogP contribution in [0.4, 0.5) is 0 Å². The van der Waals surface area contributed by atoms with Crippen LogP contribution in [0.1, 0.15) is 44.7 Å². The van der Waals surface area contributed by atoms with Gasteiger partial charge in [0.05, 0.1) is 19.3 Å². The van der Waals surface area contributed by atoms with Crippen molar-refractivity contribution in [3.8, 4) is 11.5 Å². The second-order valence-electron chi connectivity index (χ2n) is 6.53. The van der Waals surface area contributed by atoms with Gasteiger partial charge < -0.3 is 19.9 Å². The first-order valence-corrected chi connectivity index (χ1v) is 7.20. The number of methoxy groups -OCH3 is 1. The summed E-state index contributed by atoms with van der Waals surface area (Å²) in [4.78, 5) is 0. The zero-order valence-corrected chi connectivity index (χ0v) is 12.4. The Morgan fingerprint density at radius 3 is 2.85 bits per heavy atom. The maximum atomic E-state index is 6.37. The molecule has 4 heteroatoms. The normalized spacial score (nSPS) is 31.5. The average molecular weight is 277 g/mol. The maximum absolute atomic E-state index is 6.37. The lowest BCUT2D eigenvalue weighted by molar-refractivity contribution is -0.141. The lowest BCUT2D eigenvalue weighted by Crippen LogP contribution is -2.52. The van der Waals surface area contributed by atoms with E-state index < -0.39 is 0 Å². The average Bonchev–Trinajstić information content (AvgIpc) is 2.36. The van der Waals surface area contributed by atoms with E-state index in [1.165, 1.54) is 0 Å². The topological polar surface area (TPSA) is 53.7 Å². The molecule has 4 nitrogen and oxygen atoms in total. The van der Waals surface area contributed by atoms with Gasteiger partial charge in [-0.3, -0.25) is 0 Å². The van der Waals surface area contributed by atoms with E-state index in [4.69, 9.17) is 19.9 Å². The molecule has 1 aromatic carbocycles. The van der Waals surface area contributed by atoms with Crippen molar-refractivity contribution in [2.24, 2.45) is 5.73 Å². The highest BCUT2D eigenvalue weighted by atomic mass is 16.5. The Balaban J connectivity index is 1.94. The van der Waals surface area contributed by atoms with Gasteiger partial charge in [-0.05, 0) is 19.9 Å². The van der Waals surface area contributed by atoms with E-state index in [1.807, 2.05) is 18.2 Å². The summed E-state index contributed by atoms with van der Waals surface area (Å²) in [6, 6.07) is 5.90. The fraction of sp³-hybridized carbons (Fsp3) is 0.625. The van der Waals surface area contributed by atoms with Gasteiger partial charge in [-0.15, -0.1) is 0 Å². The standard InChI is InChI=1S/C16H23NO3/c1-15(2)10-16(6-7-19-15)9-13(17)12-5-4-11(18-3)8-14(12)20-16/h4-5,8,13H,6-7,9-10,17H2,1-3H3. The molecule has 0 saturated carbocycles. The van der Waals surface area contributed by atoms with E-state index in [-0.39, 0.29) is 17.2 Å². The van der Waals surface area contributed by atoms with Crippen molar-refractivity contribution < 1.29 is 14.2 Å². The monoisotopic (exact) mass is 277 g/mol. The van der Waals surface area contributed by atoms with Crippen LogP contribution in [0.5, 0.6) is 11.5 Å². The van der Waals surface area contributed by atoms with Crippen molar-refractivity contribution >= 4 is 0 Å². The number of ether oxygens (including phenoxy) is 3. The third-order valence-corrected chi connectivity index (χ3v) is 4.34. The molecule has 2 atom stereocenters. The van der Waals surface area contributed by atoms with Gasteiger partial charge in [-0.2, -0.15) is 0 Å². The fourth-order valence-electron chi connectivity index (χ4n) is 3.51. The van der Waals surface area contributed by atoms with Gasteiger partial charge >= 0.3 is 0 Å². The predicted octanol–water partition coefficient (Wildman–Crippen LogP) is 2.81. The smallest absolute Gasteiger partial charge is 0.128 e. The minimum atomic E-state index is -0.208. The van der Waals surface area contributed by atoms with Crippen LogP contribution in [0.25, 0.3) is 0 Å². The Morgan fingerprint density at radius 2 is 2.15 bits per heavy atom. The fourth-order valence-corrected chi connectivity index (χ4v) is 3.51. The Morgan fingerprint density at radius 1 is 1.35 bits per heavy atom. The van der Waals surface area contributed by atoms with Crippen LogP contribution in [-0.4, -0.2) is 24.9 Å². The molecule has 2 unspecified atom stereocenters. The Labute approximate surface area is 120 Å². The lowest BCUT2D eigenvalue weighted by atomic mass is 9.77. The molecule has 20 heavy (non-hydrogen) atoms. The van der Waals surface area contributed by atoms with Crippen molar-refractivity contribution in [1.29, 1.82) is 0 Å². The van der Waals surface area contributed by atoms with Crippen LogP contribution in [0.15, 0.2) is 18.2 Å². The first kappa shape index (κ1) is 13.7. The Kier molecular flexibility index (Phi) is 3.18. The highest BCUT2D eigenvalue weighted by Gasteiger charge is 2.46. The molecule has 1 fully saturated rings. The van der Waals surface area contributed by atoms with Crippen LogP contribution >= 0.6 is 0 Å². The lowest BCUT2D eigenvalue weighted by Gasteiger charge is -2.48. The van der Waals surface area contributed by atoms with Crippen molar-refractivity contribution in [3.63, 3.8) is 0 Å². The summed E-state index contributed by atoms with van der Waals surface area (Å²) in [6.45, 7) is 4.95. The van der Waals surface area contributed by atoms with Gasteiger partial charge in [0.2, 0.25) is 0 Å². The molecular weight excluding hydrogens is 254 g/mol.